The Morgan fingerprint density at radius 3 is 2.67 bits per heavy atom. The SMILES string of the molecule is COc1ccc(CN)c(N(C)CCCCCO)c1. The molecule has 4 heteroatoms. The Hall–Kier alpha value is -1.26. The summed E-state index contributed by atoms with van der Waals surface area (Å²) in [5, 5.41) is 8.75. The molecule has 0 aliphatic carbocycles. The molecule has 0 heterocycles. The zero-order valence-electron chi connectivity index (χ0n) is 11.4. The van der Waals surface area contributed by atoms with Crippen LogP contribution in [0, 0.1) is 0 Å². The highest BCUT2D eigenvalue weighted by Crippen LogP contribution is 2.25. The Labute approximate surface area is 109 Å². The Morgan fingerprint density at radius 1 is 1.28 bits per heavy atom. The van der Waals surface area contributed by atoms with Gasteiger partial charge in [0.25, 0.3) is 0 Å². The third-order valence-electron chi connectivity index (χ3n) is 3.08. The maximum Gasteiger partial charge on any atom is 0.120 e. The third-order valence-corrected chi connectivity index (χ3v) is 3.08. The van der Waals surface area contributed by atoms with Gasteiger partial charge in [0.2, 0.25) is 0 Å². The number of rotatable bonds is 8. The molecule has 0 atom stereocenters. The van der Waals surface area contributed by atoms with Crippen molar-refractivity contribution in [2.75, 3.05) is 32.2 Å². The van der Waals surface area contributed by atoms with Crippen molar-refractivity contribution in [1.29, 1.82) is 0 Å². The van der Waals surface area contributed by atoms with E-state index in [2.05, 4.69) is 11.9 Å². The Balaban J connectivity index is 2.66. The fraction of sp³-hybridized carbons (Fsp3) is 0.571. The fourth-order valence-corrected chi connectivity index (χ4v) is 1.96. The van der Waals surface area contributed by atoms with Gasteiger partial charge in [0.05, 0.1) is 7.11 Å². The molecule has 0 saturated heterocycles. The van der Waals surface area contributed by atoms with Crippen LogP contribution in [-0.4, -0.2) is 32.4 Å². The van der Waals surface area contributed by atoms with Crippen molar-refractivity contribution in [3.8, 4) is 5.75 Å². The van der Waals surface area contributed by atoms with Crippen molar-refractivity contribution in [3.63, 3.8) is 0 Å². The van der Waals surface area contributed by atoms with E-state index in [-0.39, 0.29) is 6.61 Å². The highest BCUT2D eigenvalue weighted by molar-refractivity contribution is 5.56. The van der Waals surface area contributed by atoms with Crippen LogP contribution in [0.3, 0.4) is 0 Å². The molecular weight excluding hydrogens is 228 g/mol. The lowest BCUT2D eigenvalue weighted by Crippen LogP contribution is -2.20. The predicted molar refractivity (Wildman–Crippen MR) is 75.1 cm³/mol. The van der Waals surface area contributed by atoms with Gasteiger partial charge in [-0.2, -0.15) is 0 Å². The number of hydrogen-bond donors (Lipinski definition) is 2. The molecule has 102 valence electrons. The Morgan fingerprint density at radius 2 is 2.06 bits per heavy atom. The molecule has 0 bridgehead atoms. The molecule has 0 fully saturated rings. The minimum absolute atomic E-state index is 0.275. The molecule has 1 rings (SSSR count). The zero-order chi connectivity index (χ0) is 13.4. The number of aliphatic hydroxyl groups excluding tert-OH is 1. The summed E-state index contributed by atoms with van der Waals surface area (Å²) in [6.07, 6.45) is 2.98. The molecule has 0 saturated carbocycles. The van der Waals surface area contributed by atoms with Gasteiger partial charge in [-0.3, -0.25) is 0 Å². The summed E-state index contributed by atoms with van der Waals surface area (Å²) in [7, 11) is 3.73. The summed E-state index contributed by atoms with van der Waals surface area (Å²) >= 11 is 0. The number of unbranched alkanes of at least 4 members (excludes halogenated alkanes) is 2. The van der Waals surface area contributed by atoms with Crippen LogP contribution < -0.4 is 15.4 Å². The average molecular weight is 252 g/mol. The quantitative estimate of drug-likeness (QED) is 0.692. The maximum atomic E-state index is 8.75. The van der Waals surface area contributed by atoms with E-state index < -0.39 is 0 Å². The van der Waals surface area contributed by atoms with Crippen LogP contribution >= 0.6 is 0 Å². The van der Waals surface area contributed by atoms with E-state index in [1.807, 2.05) is 18.2 Å². The average Bonchev–Trinajstić information content (AvgIpc) is 2.42. The largest absolute Gasteiger partial charge is 0.497 e. The van der Waals surface area contributed by atoms with Crippen molar-refractivity contribution in [2.24, 2.45) is 5.73 Å². The first-order valence-corrected chi connectivity index (χ1v) is 6.42. The van der Waals surface area contributed by atoms with Crippen LogP contribution in [0.2, 0.25) is 0 Å². The molecule has 0 radical (unpaired) electrons. The third kappa shape index (κ3) is 4.20. The van der Waals surface area contributed by atoms with E-state index >= 15 is 0 Å². The lowest BCUT2D eigenvalue weighted by atomic mass is 10.1. The molecule has 0 aliphatic rings. The molecular formula is C14H24N2O2. The first-order chi connectivity index (χ1) is 8.72. The number of anilines is 1. The summed E-state index contributed by atoms with van der Waals surface area (Å²) in [6, 6.07) is 5.97. The molecule has 1 aromatic rings. The fourth-order valence-electron chi connectivity index (χ4n) is 1.96. The van der Waals surface area contributed by atoms with Crippen LogP contribution in [-0.2, 0) is 6.54 Å². The number of ether oxygens (including phenoxy) is 1. The van der Waals surface area contributed by atoms with E-state index in [9.17, 15) is 0 Å². The summed E-state index contributed by atoms with van der Waals surface area (Å²) in [5.41, 5.74) is 8.01. The maximum absolute atomic E-state index is 8.75. The molecule has 1 aromatic carbocycles. The first kappa shape index (κ1) is 14.8. The van der Waals surface area contributed by atoms with Gasteiger partial charge in [0.1, 0.15) is 5.75 Å². The van der Waals surface area contributed by atoms with Gasteiger partial charge >= 0.3 is 0 Å². The number of nitrogens with zero attached hydrogens (tertiary/aromatic N) is 1. The molecule has 18 heavy (non-hydrogen) atoms. The van der Waals surface area contributed by atoms with Gasteiger partial charge in [-0.05, 0) is 30.9 Å². The predicted octanol–water partition coefficient (Wildman–Crippen LogP) is 1.75. The van der Waals surface area contributed by atoms with E-state index in [0.717, 1.165) is 42.8 Å². The minimum Gasteiger partial charge on any atom is -0.497 e. The number of methoxy groups -OCH3 is 1. The molecule has 0 amide bonds. The zero-order valence-corrected chi connectivity index (χ0v) is 11.4. The van der Waals surface area contributed by atoms with E-state index in [4.69, 9.17) is 15.6 Å². The summed E-state index contributed by atoms with van der Waals surface area (Å²) in [6.45, 7) is 1.76. The Kier molecular flexibility index (Phi) is 6.54. The molecule has 0 aliphatic heterocycles. The van der Waals surface area contributed by atoms with Gasteiger partial charge in [-0.25, -0.2) is 0 Å². The van der Waals surface area contributed by atoms with Gasteiger partial charge in [-0.1, -0.05) is 6.07 Å². The second kappa shape index (κ2) is 7.95. The van der Waals surface area contributed by atoms with Crippen LogP contribution in [0.5, 0.6) is 5.75 Å². The van der Waals surface area contributed by atoms with Crippen LogP contribution in [0.15, 0.2) is 18.2 Å². The number of benzene rings is 1. The van der Waals surface area contributed by atoms with Gasteiger partial charge in [-0.15, -0.1) is 0 Å². The van der Waals surface area contributed by atoms with E-state index in [1.165, 1.54) is 0 Å². The second-order valence-corrected chi connectivity index (χ2v) is 4.40. The van der Waals surface area contributed by atoms with Gasteiger partial charge < -0.3 is 20.5 Å². The molecule has 3 N–H and O–H groups in total. The standard InChI is InChI=1S/C14H24N2O2/c1-16(8-4-3-5-9-17)14-10-13(18-2)7-6-12(14)11-15/h6-7,10,17H,3-5,8-9,11,15H2,1-2H3. The Bertz CT molecular complexity index is 356. The van der Waals surface area contributed by atoms with Crippen LogP contribution in [0.4, 0.5) is 5.69 Å². The van der Waals surface area contributed by atoms with Gasteiger partial charge in [0, 0.05) is 38.5 Å². The topological polar surface area (TPSA) is 58.7 Å². The first-order valence-electron chi connectivity index (χ1n) is 6.42. The summed E-state index contributed by atoms with van der Waals surface area (Å²) in [4.78, 5) is 2.20. The van der Waals surface area contributed by atoms with Crippen molar-refractivity contribution < 1.29 is 9.84 Å². The van der Waals surface area contributed by atoms with Gasteiger partial charge in [0.15, 0.2) is 0 Å². The summed E-state index contributed by atoms with van der Waals surface area (Å²) in [5.74, 6) is 0.851. The van der Waals surface area contributed by atoms with E-state index in [1.54, 1.807) is 7.11 Å². The van der Waals surface area contributed by atoms with Crippen LogP contribution in [0.1, 0.15) is 24.8 Å². The second-order valence-electron chi connectivity index (χ2n) is 4.40. The van der Waals surface area contributed by atoms with E-state index in [0.29, 0.717) is 6.54 Å². The molecule has 4 nitrogen and oxygen atoms in total. The smallest absolute Gasteiger partial charge is 0.120 e. The highest BCUT2D eigenvalue weighted by Gasteiger charge is 2.07. The molecule has 0 unspecified atom stereocenters. The van der Waals surface area contributed by atoms with Crippen molar-refractivity contribution >= 4 is 5.69 Å². The number of nitrogens with two attached hydrogens (primary N) is 1. The lowest BCUT2D eigenvalue weighted by molar-refractivity contribution is 0.283. The minimum atomic E-state index is 0.275. The highest BCUT2D eigenvalue weighted by atomic mass is 16.5. The monoisotopic (exact) mass is 252 g/mol. The van der Waals surface area contributed by atoms with Crippen molar-refractivity contribution in [2.45, 2.75) is 25.8 Å². The molecule has 0 spiro atoms. The molecule has 0 aromatic heterocycles. The van der Waals surface area contributed by atoms with Crippen LogP contribution in [0.25, 0.3) is 0 Å². The summed E-state index contributed by atoms with van der Waals surface area (Å²) < 4.78 is 5.25. The lowest BCUT2D eigenvalue weighted by Gasteiger charge is -2.22. The number of aliphatic hydroxyl groups is 1. The van der Waals surface area contributed by atoms with Crippen molar-refractivity contribution in [1.82, 2.24) is 0 Å². The number of hydrogen-bond acceptors (Lipinski definition) is 4. The van der Waals surface area contributed by atoms with Crippen molar-refractivity contribution in [3.05, 3.63) is 23.8 Å². The normalized spacial score (nSPS) is 10.4.